The minimum Gasteiger partial charge on any atom is -0.481 e. The fraction of sp³-hybridized carbons (Fsp3) is 0.467. The molecule has 3 N–H and O–H groups in total. The molecular formula is C15H20O6P+. The molecule has 0 spiro atoms. The van der Waals surface area contributed by atoms with Gasteiger partial charge in [-0.15, -0.1) is 0 Å². The van der Waals surface area contributed by atoms with Crippen molar-refractivity contribution in [1.82, 2.24) is 0 Å². The molecule has 7 heteroatoms. The van der Waals surface area contributed by atoms with Crippen LogP contribution < -0.4 is 0 Å². The number of carboxylic acid groups (broad SMARTS) is 2. The van der Waals surface area contributed by atoms with Crippen molar-refractivity contribution in [2.24, 2.45) is 5.41 Å². The second kappa shape index (κ2) is 8.61. The van der Waals surface area contributed by atoms with E-state index in [1.807, 2.05) is 30.3 Å². The lowest BCUT2D eigenvalue weighted by Gasteiger charge is -2.24. The lowest BCUT2D eigenvalue weighted by molar-refractivity contribution is -0.149. The third-order valence-corrected chi connectivity index (χ3v) is 4.55. The Balaban J connectivity index is 2.76. The smallest absolute Gasteiger partial charge is 0.481 e. The Morgan fingerprint density at radius 1 is 1.09 bits per heavy atom. The minimum atomic E-state index is -2.65. The molecule has 0 saturated heterocycles. The van der Waals surface area contributed by atoms with Gasteiger partial charge in [-0.25, -0.2) is 0 Å². The summed E-state index contributed by atoms with van der Waals surface area (Å²) in [6.45, 7) is 0. The van der Waals surface area contributed by atoms with Crippen molar-refractivity contribution < 1.29 is 29.3 Å². The maximum Gasteiger partial charge on any atom is 0.506 e. The molecule has 0 radical (unpaired) electrons. The summed E-state index contributed by atoms with van der Waals surface area (Å²) in [6.07, 6.45) is 0.436. The molecule has 0 saturated carbocycles. The zero-order valence-electron chi connectivity index (χ0n) is 12.1. The number of aryl methyl sites for hydroxylation is 1. The summed E-state index contributed by atoms with van der Waals surface area (Å²) in [5.74, 6) is -2.32. The van der Waals surface area contributed by atoms with Gasteiger partial charge >= 0.3 is 20.0 Å². The van der Waals surface area contributed by atoms with Crippen LogP contribution in [0.15, 0.2) is 30.3 Å². The minimum absolute atomic E-state index is 0.145. The van der Waals surface area contributed by atoms with Gasteiger partial charge in [0, 0.05) is 6.42 Å². The molecule has 1 aromatic rings. The van der Waals surface area contributed by atoms with Crippen LogP contribution in [0.2, 0.25) is 0 Å². The summed E-state index contributed by atoms with van der Waals surface area (Å²) in [7, 11) is -2.65. The van der Waals surface area contributed by atoms with Gasteiger partial charge in [-0.05, 0) is 35.8 Å². The Hall–Kier alpha value is -1.78. The van der Waals surface area contributed by atoms with Gasteiger partial charge < -0.3 is 10.2 Å². The highest BCUT2D eigenvalue weighted by Crippen LogP contribution is 2.38. The molecule has 0 bridgehead atoms. The molecule has 120 valence electrons. The van der Waals surface area contributed by atoms with Crippen LogP contribution in [0.1, 0.15) is 31.2 Å². The highest BCUT2D eigenvalue weighted by atomic mass is 31.1. The number of rotatable bonds is 10. The maximum absolute atomic E-state index is 11.6. The monoisotopic (exact) mass is 327 g/mol. The molecule has 0 aliphatic rings. The van der Waals surface area contributed by atoms with Gasteiger partial charge in [0.15, 0.2) is 6.16 Å². The van der Waals surface area contributed by atoms with Gasteiger partial charge in [-0.2, -0.15) is 4.89 Å². The SMILES string of the molecule is O=C(O)CCC(CCCc1ccccc1)(C[P+](=O)O)C(=O)O. The molecule has 2 atom stereocenters. The molecule has 0 fully saturated rings. The van der Waals surface area contributed by atoms with Gasteiger partial charge in [-0.3, -0.25) is 9.59 Å². The van der Waals surface area contributed by atoms with E-state index in [1.54, 1.807) is 0 Å². The predicted molar refractivity (Wildman–Crippen MR) is 81.0 cm³/mol. The first-order chi connectivity index (χ1) is 10.4. The zero-order chi connectivity index (χ0) is 16.6. The van der Waals surface area contributed by atoms with Crippen molar-refractivity contribution in [2.45, 2.75) is 32.1 Å². The molecule has 1 rings (SSSR count). The number of benzene rings is 1. The van der Waals surface area contributed by atoms with Crippen molar-refractivity contribution in [3.05, 3.63) is 35.9 Å². The van der Waals surface area contributed by atoms with E-state index >= 15 is 0 Å². The molecule has 6 nitrogen and oxygen atoms in total. The van der Waals surface area contributed by atoms with Crippen LogP contribution >= 0.6 is 8.03 Å². The number of carbonyl (C=O) groups is 2. The van der Waals surface area contributed by atoms with E-state index < -0.39 is 31.5 Å². The summed E-state index contributed by atoms with van der Waals surface area (Å²) in [5.41, 5.74) is -0.413. The largest absolute Gasteiger partial charge is 0.506 e. The van der Waals surface area contributed by atoms with E-state index in [0.29, 0.717) is 12.8 Å². The Kier molecular flexibility index (Phi) is 7.15. The summed E-state index contributed by atoms with van der Waals surface area (Å²) in [6, 6.07) is 9.50. The van der Waals surface area contributed by atoms with Gasteiger partial charge in [-0.1, -0.05) is 30.3 Å². The lowest BCUT2D eigenvalue weighted by atomic mass is 9.80. The van der Waals surface area contributed by atoms with E-state index in [2.05, 4.69) is 0 Å². The number of hydrogen-bond acceptors (Lipinski definition) is 3. The normalized spacial score (nSPS) is 14.1. The second-order valence-corrected chi connectivity index (χ2v) is 6.35. The van der Waals surface area contributed by atoms with E-state index in [9.17, 15) is 19.3 Å². The number of aliphatic carboxylic acids is 2. The summed E-state index contributed by atoms with van der Waals surface area (Å²) in [4.78, 5) is 31.4. The van der Waals surface area contributed by atoms with Crippen molar-refractivity contribution in [3.63, 3.8) is 0 Å². The van der Waals surface area contributed by atoms with Crippen molar-refractivity contribution in [1.29, 1.82) is 0 Å². The first-order valence-corrected chi connectivity index (χ1v) is 8.38. The van der Waals surface area contributed by atoms with Gasteiger partial charge in [0.25, 0.3) is 0 Å². The molecule has 1 aromatic carbocycles. The molecule has 2 unspecified atom stereocenters. The van der Waals surface area contributed by atoms with Crippen LogP contribution in [0.5, 0.6) is 0 Å². The predicted octanol–water partition coefficient (Wildman–Crippen LogP) is 2.68. The molecule has 0 amide bonds. The molecule has 22 heavy (non-hydrogen) atoms. The van der Waals surface area contributed by atoms with Gasteiger partial charge in [0.05, 0.1) is 0 Å². The summed E-state index contributed by atoms with van der Waals surface area (Å²) in [5, 5.41) is 18.2. The zero-order valence-corrected chi connectivity index (χ0v) is 13.0. The standard InChI is InChI=1S/C15H19O6P/c16-13(17)8-10-15(14(18)19,11-22(20)21)9-4-7-12-5-2-1-3-6-12/h1-3,5-6H,4,7-11H2,(H2-,16,17,18,19,20,21)/p+1. The topological polar surface area (TPSA) is 112 Å². The summed E-state index contributed by atoms with van der Waals surface area (Å²) >= 11 is 0. The van der Waals surface area contributed by atoms with Crippen molar-refractivity contribution in [2.75, 3.05) is 6.16 Å². The first-order valence-electron chi connectivity index (χ1n) is 6.98. The molecule has 0 aliphatic heterocycles. The average molecular weight is 327 g/mol. The van der Waals surface area contributed by atoms with Crippen LogP contribution in [-0.4, -0.2) is 33.2 Å². The summed E-state index contributed by atoms with van der Waals surface area (Å²) < 4.78 is 11.1. The van der Waals surface area contributed by atoms with E-state index in [1.165, 1.54) is 0 Å². The number of carboxylic acids is 2. The Morgan fingerprint density at radius 3 is 2.23 bits per heavy atom. The molecule has 0 heterocycles. The Morgan fingerprint density at radius 2 is 1.73 bits per heavy atom. The van der Waals surface area contributed by atoms with E-state index in [-0.39, 0.29) is 19.3 Å². The highest BCUT2D eigenvalue weighted by molar-refractivity contribution is 7.38. The van der Waals surface area contributed by atoms with Crippen LogP contribution in [0.3, 0.4) is 0 Å². The van der Waals surface area contributed by atoms with E-state index in [4.69, 9.17) is 10.00 Å². The van der Waals surface area contributed by atoms with Crippen LogP contribution in [0.25, 0.3) is 0 Å². The molecule has 0 aromatic heterocycles. The van der Waals surface area contributed by atoms with Crippen LogP contribution in [-0.2, 0) is 20.6 Å². The van der Waals surface area contributed by atoms with Gasteiger partial charge in [0.2, 0.25) is 0 Å². The highest BCUT2D eigenvalue weighted by Gasteiger charge is 2.45. The number of hydrogen-bond donors (Lipinski definition) is 3. The maximum atomic E-state index is 11.6. The van der Waals surface area contributed by atoms with Gasteiger partial charge in [0.1, 0.15) is 5.41 Å². The molecular weight excluding hydrogens is 307 g/mol. The van der Waals surface area contributed by atoms with Crippen LogP contribution in [0, 0.1) is 5.41 Å². The second-order valence-electron chi connectivity index (χ2n) is 5.33. The Labute approximate surface area is 129 Å². The average Bonchev–Trinajstić information content (AvgIpc) is 2.45. The first kappa shape index (κ1) is 18.3. The lowest BCUT2D eigenvalue weighted by Crippen LogP contribution is -2.34. The fourth-order valence-corrected chi connectivity index (χ4v) is 3.41. The van der Waals surface area contributed by atoms with Crippen molar-refractivity contribution >= 4 is 20.0 Å². The third kappa shape index (κ3) is 5.92. The quantitative estimate of drug-likeness (QED) is 0.570. The third-order valence-electron chi connectivity index (χ3n) is 3.67. The Bertz CT molecular complexity index is 530. The van der Waals surface area contributed by atoms with E-state index in [0.717, 1.165) is 5.56 Å². The fourth-order valence-electron chi connectivity index (χ4n) is 2.45. The van der Waals surface area contributed by atoms with Crippen molar-refractivity contribution in [3.8, 4) is 0 Å². The molecule has 0 aliphatic carbocycles. The van der Waals surface area contributed by atoms with Crippen LogP contribution in [0.4, 0.5) is 0 Å².